The van der Waals surface area contributed by atoms with Crippen molar-refractivity contribution < 1.29 is 0 Å². The molecule has 1 fully saturated rings. The summed E-state index contributed by atoms with van der Waals surface area (Å²) in [5.41, 5.74) is 8.10. The zero-order chi connectivity index (χ0) is 14.7. The van der Waals surface area contributed by atoms with Gasteiger partial charge in [-0.25, -0.2) is 0 Å². The molecule has 0 radical (unpaired) electrons. The molecule has 1 saturated carbocycles. The summed E-state index contributed by atoms with van der Waals surface area (Å²) < 4.78 is 1.42. The van der Waals surface area contributed by atoms with E-state index in [0.717, 1.165) is 12.5 Å². The number of hydrogen-bond acceptors (Lipinski definition) is 2. The van der Waals surface area contributed by atoms with Gasteiger partial charge < -0.3 is 5.73 Å². The van der Waals surface area contributed by atoms with E-state index >= 15 is 0 Å². The van der Waals surface area contributed by atoms with Crippen molar-refractivity contribution in [2.75, 3.05) is 6.54 Å². The molecule has 1 heterocycles. The quantitative estimate of drug-likeness (QED) is 0.788. The molecule has 0 atom stereocenters. The lowest BCUT2D eigenvalue weighted by Crippen LogP contribution is -2.36. The third-order valence-corrected chi connectivity index (χ3v) is 6.43. The summed E-state index contributed by atoms with van der Waals surface area (Å²) >= 11 is 1.88. The number of rotatable bonds is 5. The van der Waals surface area contributed by atoms with Crippen molar-refractivity contribution in [1.82, 2.24) is 0 Å². The normalized spacial score (nSPS) is 26.3. The average molecular weight is 301 g/mol. The second-order valence-corrected chi connectivity index (χ2v) is 7.78. The van der Waals surface area contributed by atoms with Gasteiger partial charge in [0.2, 0.25) is 0 Å². The Morgan fingerprint density at radius 1 is 1.24 bits per heavy atom. The molecule has 1 aromatic carbocycles. The van der Waals surface area contributed by atoms with E-state index in [1.54, 1.807) is 0 Å². The number of nitrogens with two attached hydrogens (primary N) is 1. The molecule has 2 aromatic rings. The van der Waals surface area contributed by atoms with E-state index < -0.39 is 0 Å². The maximum Gasteiger partial charge on any atom is 0.0345 e. The molecule has 1 aromatic heterocycles. The van der Waals surface area contributed by atoms with E-state index in [4.69, 9.17) is 5.73 Å². The molecule has 3 rings (SSSR count). The molecule has 2 N–H and O–H groups in total. The van der Waals surface area contributed by atoms with Crippen molar-refractivity contribution in [3.05, 3.63) is 35.2 Å². The SMILES string of the molecule is CCCC1CCC(CN)(Cc2csc3ccccc23)CC1. The van der Waals surface area contributed by atoms with Gasteiger partial charge in [0.15, 0.2) is 0 Å². The highest BCUT2D eigenvalue weighted by Crippen LogP contribution is 2.43. The maximum atomic E-state index is 6.22. The molecule has 21 heavy (non-hydrogen) atoms. The molecule has 0 saturated heterocycles. The minimum Gasteiger partial charge on any atom is -0.330 e. The average Bonchev–Trinajstić information content (AvgIpc) is 2.93. The number of hydrogen-bond donors (Lipinski definition) is 1. The Hall–Kier alpha value is -0.860. The van der Waals surface area contributed by atoms with E-state index in [-0.39, 0.29) is 0 Å². The van der Waals surface area contributed by atoms with E-state index in [0.29, 0.717) is 5.41 Å². The van der Waals surface area contributed by atoms with Crippen LogP contribution in [0.25, 0.3) is 10.1 Å². The van der Waals surface area contributed by atoms with Crippen LogP contribution in [0.15, 0.2) is 29.6 Å². The Kier molecular flexibility index (Phi) is 4.66. The highest BCUT2D eigenvalue weighted by Gasteiger charge is 2.34. The molecule has 0 spiro atoms. The summed E-state index contributed by atoms with van der Waals surface area (Å²) in [5, 5.41) is 3.81. The van der Waals surface area contributed by atoms with Crippen molar-refractivity contribution in [2.45, 2.75) is 51.9 Å². The topological polar surface area (TPSA) is 26.0 Å². The largest absolute Gasteiger partial charge is 0.330 e. The van der Waals surface area contributed by atoms with Crippen LogP contribution in [-0.2, 0) is 6.42 Å². The van der Waals surface area contributed by atoms with Gasteiger partial charge in [0.25, 0.3) is 0 Å². The molecular weight excluding hydrogens is 274 g/mol. The zero-order valence-corrected chi connectivity index (χ0v) is 13.9. The first-order chi connectivity index (χ1) is 10.3. The van der Waals surface area contributed by atoms with E-state index in [1.807, 2.05) is 11.3 Å². The summed E-state index contributed by atoms with van der Waals surface area (Å²) in [6.07, 6.45) is 9.31. The van der Waals surface area contributed by atoms with Gasteiger partial charge in [-0.15, -0.1) is 11.3 Å². The second-order valence-electron chi connectivity index (χ2n) is 6.87. The van der Waals surface area contributed by atoms with Gasteiger partial charge >= 0.3 is 0 Å². The molecule has 0 bridgehead atoms. The van der Waals surface area contributed by atoms with Crippen molar-refractivity contribution in [3.8, 4) is 0 Å². The molecular formula is C19H27NS. The number of thiophene rings is 1. The Labute approximate surface area is 132 Å². The van der Waals surface area contributed by atoms with Crippen molar-refractivity contribution in [2.24, 2.45) is 17.1 Å². The smallest absolute Gasteiger partial charge is 0.0345 e. The van der Waals surface area contributed by atoms with E-state index in [2.05, 4.69) is 36.6 Å². The summed E-state index contributed by atoms with van der Waals surface area (Å²) in [5.74, 6) is 0.953. The third kappa shape index (κ3) is 3.17. The molecule has 0 aliphatic heterocycles. The van der Waals surface area contributed by atoms with Crippen molar-refractivity contribution in [1.29, 1.82) is 0 Å². The summed E-state index contributed by atoms with van der Waals surface area (Å²) in [7, 11) is 0. The zero-order valence-electron chi connectivity index (χ0n) is 13.1. The Morgan fingerprint density at radius 2 is 2.00 bits per heavy atom. The summed E-state index contributed by atoms with van der Waals surface area (Å²) in [6, 6.07) is 8.80. The Morgan fingerprint density at radius 3 is 2.71 bits per heavy atom. The first-order valence-corrected chi connectivity index (χ1v) is 9.29. The lowest BCUT2D eigenvalue weighted by molar-refractivity contribution is 0.151. The number of benzene rings is 1. The second kappa shape index (κ2) is 6.50. The van der Waals surface area contributed by atoms with Crippen LogP contribution in [0.1, 0.15) is 51.0 Å². The minimum atomic E-state index is 0.355. The van der Waals surface area contributed by atoms with Crippen LogP contribution < -0.4 is 5.73 Å². The molecule has 0 amide bonds. The van der Waals surface area contributed by atoms with Crippen LogP contribution in [0.4, 0.5) is 0 Å². The van der Waals surface area contributed by atoms with Crippen molar-refractivity contribution in [3.63, 3.8) is 0 Å². The first kappa shape index (κ1) is 15.1. The van der Waals surface area contributed by atoms with Crippen LogP contribution in [0.3, 0.4) is 0 Å². The predicted molar refractivity (Wildman–Crippen MR) is 93.9 cm³/mol. The monoisotopic (exact) mass is 301 g/mol. The minimum absolute atomic E-state index is 0.355. The number of fused-ring (bicyclic) bond motifs is 1. The first-order valence-electron chi connectivity index (χ1n) is 8.41. The van der Waals surface area contributed by atoms with Gasteiger partial charge in [-0.1, -0.05) is 38.0 Å². The lowest BCUT2D eigenvalue weighted by atomic mass is 9.67. The van der Waals surface area contributed by atoms with Crippen LogP contribution in [0, 0.1) is 11.3 Å². The van der Waals surface area contributed by atoms with E-state index in [1.165, 1.54) is 60.6 Å². The lowest BCUT2D eigenvalue weighted by Gasteiger charge is -2.39. The molecule has 114 valence electrons. The highest BCUT2D eigenvalue weighted by atomic mass is 32.1. The van der Waals surface area contributed by atoms with Gasteiger partial charge in [-0.3, -0.25) is 0 Å². The summed E-state index contributed by atoms with van der Waals surface area (Å²) in [6.45, 7) is 3.15. The third-order valence-electron chi connectivity index (χ3n) is 5.42. The highest BCUT2D eigenvalue weighted by molar-refractivity contribution is 7.17. The van der Waals surface area contributed by atoms with Gasteiger partial charge in [0, 0.05) is 4.70 Å². The molecule has 2 heteroatoms. The Bertz CT molecular complexity index is 578. The van der Waals surface area contributed by atoms with Crippen LogP contribution >= 0.6 is 11.3 Å². The molecule has 1 aliphatic carbocycles. The molecule has 0 unspecified atom stereocenters. The van der Waals surface area contributed by atoms with Crippen LogP contribution in [0.5, 0.6) is 0 Å². The van der Waals surface area contributed by atoms with Gasteiger partial charge in [0.05, 0.1) is 0 Å². The van der Waals surface area contributed by atoms with Gasteiger partial charge in [0.1, 0.15) is 0 Å². The van der Waals surface area contributed by atoms with Gasteiger partial charge in [-0.2, -0.15) is 0 Å². The van der Waals surface area contributed by atoms with Crippen LogP contribution in [0.2, 0.25) is 0 Å². The molecule has 1 nitrogen and oxygen atoms in total. The van der Waals surface area contributed by atoms with Crippen LogP contribution in [-0.4, -0.2) is 6.54 Å². The standard InChI is InChI=1S/C19H27NS/c1-2-5-15-8-10-19(14-20,11-9-15)12-16-13-21-18-7-4-3-6-17(16)18/h3-4,6-7,13,15H,2,5,8-12,14,20H2,1H3. The van der Waals surface area contributed by atoms with E-state index in [9.17, 15) is 0 Å². The fourth-order valence-electron chi connectivity index (χ4n) is 4.01. The fraction of sp³-hybridized carbons (Fsp3) is 0.579. The molecule has 1 aliphatic rings. The predicted octanol–water partition coefficient (Wildman–Crippen LogP) is 5.38. The Balaban J connectivity index is 1.76. The summed E-state index contributed by atoms with van der Waals surface area (Å²) in [4.78, 5) is 0. The maximum absolute atomic E-state index is 6.22. The van der Waals surface area contributed by atoms with Gasteiger partial charge in [-0.05, 0) is 72.4 Å². The fourth-order valence-corrected chi connectivity index (χ4v) is 4.98. The van der Waals surface area contributed by atoms with Crippen molar-refractivity contribution >= 4 is 21.4 Å².